The van der Waals surface area contributed by atoms with Crippen LogP contribution in [0.1, 0.15) is 102 Å². The third kappa shape index (κ3) is 8.73. The van der Waals surface area contributed by atoms with Gasteiger partial charge >= 0.3 is 0 Å². The van der Waals surface area contributed by atoms with Crippen LogP contribution in [-0.4, -0.2) is 0 Å². The number of hydrogen-bond donors (Lipinski definition) is 0. The van der Waals surface area contributed by atoms with Crippen LogP contribution in [0.15, 0.2) is 358 Å². The Hall–Kier alpha value is -12.2. The molecule has 0 amide bonds. The van der Waals surface area contributed by atoms with Crippen molar-refractivity contribution in [3.8, 4) is 89.0 Å². The third-order valence-electron chi connectivity index (χ3n) is 24.6. The molecule has 1 unspecified atom stereocenters. The summed E-state index contributed by atoms with van der Waals surface area (Å²) in [5.74, 6) is 0. The first kappa shape index (κ1) is 61.6. The molecule has 4 aliphatic rings. The van der Waals surface area contributed by atoms with E-state index in [4.69, 9.17) is 0 Å². The summed E-state index contributed by atoms with van der Waals surface area (Å²) in [6, 6.07) is 134. The maximum Gasteiger partial charge on any atom is 0.0713 e. The Labute approximate surface area is 609 Å². The molecule has 0 spiro atoms. The lowest BCUT2D eigenvalue weighted by Gasteiger charge is -2.34. The fourth-order valence-electron chi connectivity index (χ4n) is 20.0. The van der Waals surface area contributed by atoms with Crippen molar-refractivity contribution in [1.82, 2.24) is 0 Å². The van der Waals surface area contributed by atoms with E-state index in [0.717, 1.165) is 6.42 Å². The summed E-state index contributed by atoms with van der Waals surface area (Å²) in [6.07, 6.45) is 0.990. The molecule has 0 N–H and O–H groups in total. The zero-order valence-electron chi connectivity index (χ0n) is 59.3. The molecule has 0 heteroatoms. The van der Waals surface area contributed by atoms with Crippen molar-refractivity contribution >= 4 is 43.1 Å². The van der Waals surface area contributed by atoms with Crippen molar-refractivity contribution in [3.05, 3.63) is 419 Å². The fourth-order valence-corrected chi connectivity index (χ4v) is 20.0. The summed E-state index contributed by atoms with van der Waals surface area (Å²) in [5, 5.41) is 10.3. The average molecular weight is 1330 g/mol. The Morgan fingerprint density at radius 2 is 0.433 bits per heavy atom. The van der Waals surface area contributed by atoms with E-state index in [2.05, 4.69) is 393 Å². The number of benzene rings is 17. The Morgan fingerprint density at radius 1 is 0.192 bits per heavy atom. The predicted octanol–water partition coefficient (Wildman–Crippen LogP) is 27.4. The molecular formula is C104H76. The molecular weight excluding hydrogens is 1250 g/mol. The summed E-state index contributed by atoms with van der Waals surface area (Å²) >= 11 is 0. The number of rotatable bonds is 8. The van der Waals surface area contributed by atoms with E-state index in [1.807, 2.05) is 0 Å². The van der Waals surface area contributed by atoms with Crippen LogP contribution < -0.4 is 0 Å². The van der Waals surface area contributed by atoms with Gasteiger partial charge in [0.15, 0.2) is 0 Å². The monoisotopic (exact) mass is 1320 g/mol. The summed E-state index contributed by atoms with van der Waals surface area (Å²) in [4.78, 5) is 0. The van der Waals surface area contributed by atoms with Gasteiger partial charge in [0.2, 0.25) is 0 Å². The summed E-state index contributed by atoms with van der Waals surface area (Å²) in [6.45, 7) is 11.8. The second kappa shape index (κ2) is 23.4. The van der Waals surface area contributed by atoms with E-state index < -0.39 is 5.41 Å². The van der Waals surface area contributed by atoms with Gasteiger partial charge in [0.25, 0.3) is 0 Å². The van der Waals surface area contributed by atoms with E-state index in [1.165, 1.54) is 193 Å². The van der Waals surface area contributed by atoms with Crippen LogP contribution in [0.25, 0.3) is 132 Å². The molecule has 492 valence electrons. The van der Waals surface area contributed by atoms with Crippen LogP contribution in [0.3, 0.4) is 0 Å². The van der Waals surface area contributed by atoms with Gasteiger partial charge in [-0.25, -0.2) is 0 Å². The molecule has 1 atom stereocenters. The van der Waals surface area contributed by atoms with Crippen molar-refractivity contribution in [2.75, 3.05) is 0 Å². The van der Waals surface area contributed by atoms with Crippen molar-refractivity contribution in [2.45, 2.75) is 62.7 Å². The molecule has 4 aliphatic carbocycles. The minimum absolute atomic E-state index is 0.0555. The average Bonchev–Trinajstić information content (AvgIpc) is 1.44. The van der Waals surface area contributed by atoms with Crippen LogP contribution >= 0.6 is 0 Å². The zero-order chi connectivity index (χ0) is 69.6. The molecule has 0 aromatic heterocycles. The number of hydrogen-bond acceptors (Lipinski definition) is 0. The molecule has 17 aromatic rings. The lowest BCUT2D eigenvalue weighted by atomic mass is 9.67. The van der Waals surface area contributed by atoms with Crippen LogP contribution in [0, 0.1) is 0 Å². The summed E-state index contributed by atoms with van der Waals surface area (Å²) in [5.41, 5.74) is 35.2. The van der Waals surface area contributed by atoms with E-state index >= 15 is 0 Å². The van der Waals surface area contributed by atoms with Crippen molar-refractivity contribution in [1.29, 1.82) is 0 Å². The van der Waals surface area contributed by atoms with Gasteiger partial charge in [-0.1, -0.05) is 368 Å². The van der Waals surface area contributed by atoms with E-state index in [0.29, 0.717) is 0 Å². The van der Waals surface area contributed by atoms with E-state index in [9.17, 15) is 0 Å². The first-order valence-corrected chi connectivity index (χ1v) is 37.1. The van der Waals surface area contributed by atoms with Gasteiger partial charge in [0.1, 0.15) is 0 Å². The smallest absolute Gasteiger partial charge is 0.0639 e. The predicted molar refractivity (Wildman–Crippen MR) is 439 cm³/mol. The molecule has 0 saturated heterocycles. The highest BCUT2D eigenvalue weighted by molar-refractivity contribution is 6.23. The van der Waals surface area contributed by atoms with Crippen molar-refractivity contribution in [3.63, 3.8) is 0 Å². The van der Waals surface area contributed by atoms with E-state index in [1.54, 1.807) is 0 Å². The number of fused-ring (bicyclic) bond motifs is 16. The quantitative estimate of drug-likeness (QED) is 0.133. The lowest BCUT2D eigenvalue weighted by Crippen LogP contribution is -2.28. The molecule has 0 saturated carbocycles. The molecule has 0 aliphatic heterocycles. The largest absolute Gasteiger partial charge is 0.0713 e. The summed E-state index contributed by atoms with van der Waals surface area (Å²) < 4.78 is 0. The topological polar surface area (TPSA) is 0 Å². The Bertz CT molecular complexity index is 6230. The fraction of sp³-hybridized carbons (Fsp3) is 0.0962. The second-order valence-corrected chi connectivity index (χ2v) is 30.3. The first-order chi connectivity index (χ1) is 51.1. The molecule has 0 fully saturated rings. The minimum Gasteiger partial charge on any atom is -0.0639 e. The van der Waals surface area contributed by atoms with Crippen LogP contribution in [0.5, 0.6) is 0 Å². The lowest BCUT2D eigenvalue weighted by molar-refractivity contribution is 0.609. The van der Waals surface area contributed by atoms with Gasteiger partial charge in [0, 0.05) is 16.2 Å². The van der Waals surface area contributed by atoms with Crippen molar-refractivity contribution in [2.24, 2.45) is 0 Å². The molecule has 0 radical (unpaired) electrons. The minimum atomic E-state index is -0.454. The van der Waals surface area contributed by atoms with Crippen LogP contribution in [-0.2, 0) is 21.7 Å². The highest BCUT2D eigenvalue weighted by Gasteiger charge is 2.47. The maximum atomic E-state index is 2.52. The maximum absolute atomic E-state index is 2.52. The second-order valence-electron chi connectivity index (χ2n) is 30.3. The van der Waals surface area contributed by atoms with Gasteiger partial charge in [-0.05, 0) is 224 Å². The normalized spacial score (nSPS) is 15.5. The first-order valence-electron chi connectivity index (χ1n) is 37.1. The molecule has 0 nitrogen and oxygen atoms in total. The van der Waals surface area contributed by atoms with Gasteiger partial charge in [-0.15, -0.1) is 0 Å². The van der Waals surface area contributed by atoms with E-state index in [-0.39, 0.29) is 16.2 Å². The molecule has 21 rings (SSSR count). The molecule has 0 heterocycles. The van der Waals surface area contributed by atoms with Crippen molar-refractivity contribution < 1.29 is 0 Å². The Kier molecular flexibility index (Phi) is 13.9. The van der Waals surface area contributed by atoms with Crippen LogP contribution in [0.4, 0.5) is 0 Å². The third-order valence-corrected chi connectivity index (χ3v) is 24.6. The molecule has 104 heavy (non-hydrogen) atoms. The van der Waals surface area contributed by atoms with Gasteiger partial charge in [-0.3, -0.25) is 0 Å². The van der Waals surface area contributed by atoms with Gasteiger partial charge in [0.05, 0.1) is 5.41 Å². The Morgan fingerprint density at radius 3 is 0.788 bits per heavy atom. The zero-order valence-corrected chi connectivity index (χ0v) is 59.3. The molecule has 17 aromatic carbocycles. The SMILES string of the molecule is CC1(C)c2ccccc2-c2ccc(-c3c4ccccc4c(-c4ccc5c(c4)C(c4ccccc4)(c4ccccc4)c4ccccc4-5)c4ccccc34)cc21.CCC1(c2ccccc2)c2ccccc2-c2ccc(-c3c4ccccc4c(-c4ccc5c(c4)C(C)(C)c4ccccc4-5)c4ccccc34)cc21. The highest BCUT2D eigenvalue weighted by atomic mass is 14.5. The summed E-state index contributed by atoms with van der Waals surface area (Å²) in [7, 11) is 0. The highest BCUT2D eigenvalue weighted by Crippen LogP contribution is 2.60. The Balaban J connectivity index is 0.000000139. The van der Waals surface area contributed by atoms with Gasteiger partial charge in [-0.2, -0.15) is 0 Å². The van der Waals surface area contributed by atoms with Gasteiger partial charge < -0.3 is 0 Å². The standard InChI is InChI=1S/C54H38.C50H38/c1-53(2)47-27-15-13-21-39(47)41-31-29-35(33-49(41)53)51-43-23-9-11-25-45(43)52(46-26-12-10-24-44(46)51)36-30-32-42-40-22-14-16-28-48(40)54(50(42)34-36,37-17-5-3-6-18-37)38-19-7-4-8-20-38;1-4-50(34-16-6-5-7-17-34)44-25-15-13-19-36(44)38-29-27-33(31-46(38)50)48-41-22-10-8-20-39(41)47(40-21-9-11-23-42(40)48)32-26-28-37-35-18-12-14-24-43(35)49(2,3)45(37)30-32/h3-34H,1-2H3;5-31H,4H2,1-3H3. The van der Waals surface area contributed by atoms with Crippen LogP contribution in [0.2, 0.25) is 0 Å². The molecule has 0 bridgehead atoms.